The summed E-state index contributed by atoms with van der Waals surface area (Å²) < 4.78 is 18.9. The van der Waals surface area contributed by atoms with E-state index in [1.54, 1.807) is 38.8 Å². The Kier molecular flexibility index (Phi) is 6.20. The molecule has 2 N–H and O–H groups in total. The van der Waals surface area contributed by atoms with Crippen molar-refractivity contribution in [2.24, 2.45) is 0 Å². The van der Waals surface area contributed by atoms with E-state index in [0.717, 1.165) is 0 Å². The van der Waals surface area contributed by atoms with Gasteiger partial charge in [0.15, 0.2) is 0 Å². The van der Waals surface area contributed by atoms with Crippen molar-refractivity contribution in [3.05, 3.63) is 30.1 Å². The number of halogens is 1. The Morgan fingerprint density at radius 2 is 2.00 bits per heavy atom. The van der Waals surface area contributed by atoms with Gasteiger partial charge in [-0.25, -0.2) is 9.18 Å². The predicted octanol–water partition coefficient (Wildman–Crippen LogP) is 1.68. The minimum absolute atomic E-state index is 0.0434. The number of likely N-dealkylation sites (N-methyl/N-ethyl adjacent to an activating group) is 1. The molecular formula is C18H26FN3O4. The van der Waals surface area contributed by atoms with Crippen LogP contribution in [0.15, 0.2) is 24.3 Å². The number of carbonyl (C=O) groups is 2. The highest BCUT2D eigenvalue weighted by Gasteiger charge is 2.38. The number of amides is 2. The summed E-state index contributed by atoms with van der Waals surface area (Å²) in [7, 11) is 1.67. The van der Waals surface area contributed by atoms with E-state index < -0.39 is 35.6 Å². The van der Waals surface area contributed by atoms with Gasteiger partial charge in [0.1, 0.15) is 11.4 Å². The highest BCUT2D eigenvalue weighted by Crippen LogP contribution is 2.19. The quantitative estimate of drug-likeness (QED) is 0.846. The number of anilines is 1. The predicted molar refractivity (Wildman–Crippen MR) is 95.3 cm³/mol. The Morgan fingerprint density at radius 1 is 1.35 bits per heavy atom. The minimum Gasteiger partial charge on any atom is -0.444 e. The Labute approximate surface area is 152 Å². The number of ether oxygens (including phenoxy) is 1. The first kappa shape index (κ1) is 20.1. The number of likely N-dealkylation sites (tertiary alicyclic amines) is 1. The molecule has 1 aliphatic rings. The lowest BCUT2D eigenvalue weighted by molar-refractivity contribution is -0.117. The molecule has 1 fully saturated rings. The SMILES string of the molecule is CN(CC(=O)Nc1ccccc1F)[C@H]1CN(C(=O)OC(C)(C)C)C[C@@H]1O. The number of nitrogens with zero attached hydrogens (tertiary/aromatic N) is 2. The number of hydrogen-bond donors (Lipinski definition) is 2. The molecule has 8 heteroatoms. The number of hydrogen-bond acceptors (Lipinski definition) is 5. The molecule has 7 nitrogen and oxygen atoms in total. The molecule has 1 aromatic carbocycles. The van der Waals surface area contributed by atoms with E-state index in [2.05, 4.69) is 5.32 Å². The summed E-state index contributed by atoms with van der Waals surface area (Å²) in [5.41, 5.74) is -0.515. The van der Waals surface area contributed by atoms with Crippen LogP contribution in [0.4, 0.5) is 14.9 Å². The summed E-state index contributed by atoms with van der Waals surface area (Å²) in [6.45, 7) is 5.66. The first-order valence-corrected chi connectivity index (χ1v) is 8.47. The molecule has 2 atom stereocenters. The lowest BCUT2D eigenvalue weighted by Gasteiger charge is -2.26. The second kappa shape index (κ2) is 8.01. The number of carbonyl (C=O) groups excluding carboxylic acids is 2. The summed E-state index contributed by atoms with van der Waals surface area (Å²) in [6, 6.07) is 5.49. The Hall–Kier alpha value is -2.19. The summed E-state index contributed by atoms with van der Waals surface area (Å²) in [4.78, 5) is 27.3. The molecule has 1 aliphatic heterocycles. The van der Waals surface area contributed by atoms with E-state index in [-0.39, 0.29) is 25.3 Å². The van der Waals surface area contributed by atoms with Crippen LogP contribution in [0, 0.1) is 5.82 Å². The molecular weight excluding hydrogens is 341 g/mol. The minimum atomic E-state index is -0.797. The normalized spacial score (nSPS) is 20.3. The molecule has 1 aromatic rings. The average Bonchev–Trinajstić information content (AvgIpc) is 2.90. The fraction of sp³-hybridized carbons (Fsp3) is 0.556. The molecule has 2 rings (SSSR count). The number of rotatable bonds is 4. The van der Waals surface area contributed by atoms with E-state index in [1.807, 2.05) is 0 Å². The first-order chi connectivity index (χ1) is 12.1. The molecule has 0 aromatic heterocycles. The van der Waals surface area contributed by atoms with Gasteiger partial charge in [-0.2, -0.15) is 0 Å². The summed E-state index contributed by atoms with van der Waals surface area (Å²) >= 11 is 0. The summed E-state index contributed by atoms with van der Waals surface area (Å²) in [5, 5.41) is 12.7. The van der Waals surface area contributed by atoms with E-state index in [0.29, 0.717) is 0 Å². The van der Waals surface area contributed by atoms with Crippen molar-refractivity contribution < 1.29 is 23.8 Å². The van der Waals surface area contributed by atoms with Crippen LogP contribution in [0.5, 0.6) is 0 Å². The van der Waals surface area contributed by atoms with Crippen molar-refractivity contribution in [2.45, 2.75) is 38.5 Å². The zero-order valence-electron chi connectivity index (χ0n) is 15.5. The maximum atomic E-state index is 13.6. The number of aliphatic hydroxyl groups excluding tert-OH is 1. The van der Waals surface area contributed by atoms with Crippen LogP contribution in [0.2, 0.25) is 0 Å². The van der Waals surface area contributed by atoms with Crippen LogP contribution in [0.3, 0.4) is 0 Å². The summed E-state index contributed by atoms with van der Waals surface area (Å²) in [5.74, 6) is -0.916. The van der Waals surface area contributed by atoms with Gasteiger partial charge < -0.3 is 20.1 Å². The van der Waals surface area contributed by atoms with Gasteiger partial charge in [0.05, 0.1) is 30.9 Å². The summed E-state index contributed by atoms with van der Waals surface area (Å²) in [6.07, 6.45) is -1.29. The largest absolute Gasteiger partial charge is 0.444 e. The van der Waals surface area contributed by atoms with Crippen molar-refractivity contribution in [1.29, 1.82) is 0 Å². The van der Waals surface area contributed by atoms with E-state index in [4.69, 9.17) is 4.74 Å². The fourth-order valence-electron chi connectivity index (χ4n) is 2.77. The third kappa shape index (κ3) is 5.40. The maximum absolute atomic E-state index is 13.6. The number of aliphatic hydroxyl groups is 1. The topological polar surface area (TPSA) is 82.1 Å². The number of benzene rings is 1. The average molecular weight is 367 g/mol. The van der Waals surface area contributed by atoms with Gasteiger partial charge in [-0.15, -0.1) is 0 Å². The van der Waals surface area contributed by atoms with Gasteiger partial charge in [-0.1, -0.05) is 12.1 Å². The molecule has 0 spiro atoms. The van der Waals surface area contributed by atoms with Crippen molar-refractivity contribution in [1.82, 2.24) is 9.80 Å². The molecule has 0 aliphatic carbocycles. The second-order valence-electron chi connectivity index (χ2n) is 7.46. The van der Waals surface area contributed by atoms with Gasteiger partial charge in [0, 0.05) is 6.54 Å². The van der Waals surface area contributed by atoms with Crippen molar-refractivity contribution in [2.75, 3.05) is 32.0 Å². The molecule has 26 heavy (non-hydrogen) atoms. The fourth-order valence-corrected chi connectivity index (χ4v) is 2.77. The first-order valence-electron chi connectivity index (χ1n) is 8.47. The Morgan fingerprint density at radius 3 is 2.62 bits per heavy atom. The van der Waals surface area contributed by atoms with Crippen LogP contribution in [0.1, 0.15) is 20.8 Å². The molecule has 1 saturated heterocycles. The third-order valence-corrected chi connectivity index (χ3v) is 4.02. The van der Waals surface area contributed by atoms with Crippen molar-refractivity contribution in [3.8, 4) is 0 Å². The Balaban J connectivity index is 1.91. The van der Waals surface area contributed by atoms with Crippen LogP contribution < -0.4 is 5.32 Å². The maximum Gasteiger partial charge on any atom is 0.410 e. The van der Waals surface area contributed by atoms with Gasteiger partial charge in [0.25, 0.3) is 0 Å². The molecule has 1 heterocycles. The van der Waals surface area contributed by atoms with Crippen LogP contribution in [-0.2, 0) is 9.53 Å². The molecule has 0 bridgehead atoms. The third-order valence-electron chi connectivity index (χ3n) is 4.02. The molecule has 0 saturated carbocycles. The van der Waals surface area contributed by atoms with Gasteiger partial charge >= 0.3 is 6.09 Å². The van der Waals surface area contributed by atoms with Crippen LogP contribution in [-0.4, -0.2) is 71.3 Å². The smallest absolute Gasteiger partial charge is 0.410 e. The Bertz CT molecular complexity index is 662. The molecule has 144 valence electrons. The zero-order valence-corrected chi connectivity index (χ0v) is 15.5. The number of nitrogens with one attached hydrogen (secondary N) is 1. The zero-order chi connectivity index (χ0) is 19.5. The van der Waals surface area contributed by atoms with Gasteiger partial charge in [-0.05, 0) is 40.0 Å². The lowest BCUT2D eigenvalue weighted by Crippen LogP contribution is -2.44. The van der Waals surface area contributed by atoms with E-state index in [9.17, 15) is 19.1 Å². The van der Waals surface area contributed by atoms with Gasteiger partial charge in [0.2, 0.25) is 5.91 Å². The van der Waals surface area contributed by atoms with E-state index in [1.165, 1.54) is 23.1 Å². The number of β-amino-alcohol motifs (C(OH)–C–C–N with tert-alkyl or cyclic N) is 1. The van der Waals surface area contributed by atoms with Gasteiger partial charge in [-0.3, -0.25) is 9.69 Å². The standard InChI is InChI=1S/C18H26FN3O4/c1-18(2,3)26-17(25)22-9-14(15(23)10-22)21(4)11-16(24)20-13-8-6-5-7-12(13)19/h5-8,14-15,23H,9-11H2,1-4H3,(H,20,24)/t14-,15-/m0/s1. The molecule has 0 radical (unpaired) electrons. The lowest BCUT2D eigenvalue weighted by atomic mass is 10.2. The molecule has 0 unspecified atom stereocenters. The number of para-hydroxylation sites is 1. The highest BCUT2D eigenvalue weighted by atomic mass is 19.1. The monoisotopic (exact) mass is 367 g/mol. The van der Waals surface area contributed by atoms with Crippen LogP contribution >= 0.6 is 0 Å². The van der Waals surface area contributed by atoms with Crippen LogP contribution in [0.25, 0.3) is 0 Å². The second-order valence-corrected chi connectivity index (χ2v) is 7.46. The van der Waals surface area contributed by atoms with Crippen molar-refractivity contribution in [3.63, 3.8) is 0 Å². The van der Waals surface area contributed by atoms with E-state index >= 15 is 0 Å². The highest BCUT2D eigenvalue weighted by molar-refractivity contribution is 5.92. The van der Waals surface area contributed by atoms with Crippen molar-refractivity contribution >= 4 is 17.7 Å². The molecule has 2 amide bonds.